The van der Waals surface area contributed by atoms with E-state index in [1.54, 1.807) is 6.08 Å². The molecule has 0 aliphatic rings. The van der Waals surface area contributed by atoms with E-state index < -0.39 is 0 Å². The Morgan fingerprint density at radius 3 is 2.71 bits per heavy atom. The highest BCUT2D eigenvalue weighted by atomic mass is 15.1. The Hall–Kier alpha value is -1.73. The highest BCUT2D eigenvalue weighted by molar-refractivity contribution is 5.15. The zero-order valence-electron chi connectivity index (χ0n) is 8.00. The molecule has 72 valence electrons. The Morgan fingerprint density at radius 1 is 1.43 bits per heavy atom. The first-order valence-corrected chi connectivity index (χ1v) is 4.57. The molecule has 1 unspecified atom stereocenters. The van der Waals surface area contributed by atoms with Gasteiger partial charge in [-0.25, -0.2) is 0 Å². The Balaban J connectivity index is 2.47. The fourth-order valence-corrected chi connectivity index (χ4v) is 1.25. The predicted molar refractivity (Wildman–Crippen MR) is 57.9 cm³/mol. The van der Waals surface area contributed by atoms with Crippen LogP contribution in [0.5, 0.6) is 0 Å². The first-order chi connectivity index (χ1) is 6.86. The van der Waals surface area contributed by atoms with E-state index in [1.807, 2.05) is 18.2 Å². The summed E-state index contributed by atoms with van der Waals surface area (Å²) in [6, 6.07) is 10.0. The van der Waals surface area contributed by atoms with E-state index >= 15 is 0 Å². The zero-order chi connectivity index (χ0) is 10.2. The van der Waals surface area contributed by atoms with E-state index in [-0.39, 0.29) is 6.04 Å². The first-order valence-electron chi connectivity index (χ1n) is 4.57. The van der Waals surface area contributed by atoms with Crippen LogP contribution in [-0.4, -0.2) is 6.04 Å². The molecule has 1 atom stereocenters. The molecular formula is C11H13N3. The van der Waals surface area contributed by atoms with Gasteiger partial charge in [0, 0.05) is 4.91 Å². The first kappa shape index (κ1) is 10.4. The number of hydrogen-bond acceptors (Lipinski definition) is 1. The SMILES string of the molecule is C=CC(CCc1ccccc1)N=[N+]=[N-]. The van der Waals surface area contributed by atoms with Crippen molar-refractivity contribution in [1.29, 1.82) is 0 Å². The zero-order valence-corrected chi connectivity index (χ0v) is 8.00. The van der Waals surface area contributed by atoms with Crippen LogP contribution in [0.25, 0.3) is 10.4 Å². The third-order valence-electron chi connectivity index (χ3n) is 2.04. The summed E-state index contributed by atoms with van der Waals surface area (Å²) >= 11 is 0. The fraction of sp³-hybridized carbons (Fsp3) is 0.273. The second-order valence-electron chi connectivity index (χ2n) is 3.03. The maximum atomic E-state index is 8.28. The minimum atomic E-state index is -0.0970. The van der Waals surface area contributed by atoms with Crippen LogP contribution in [0, 0.1) is 0 Å². The van der Waals surface area contributed by atoms with Crippen LogP contribution >= 0.6 is 0 Å². The third kappa shape index (κ3) is 3.33. The van der Waals surface area contributed by atoms with Gasteiger partial charge in [-0.1, -0.05) is 41.5 Å². The number of rotatable bonds is 5. The molecule has 0 aliphatic carbocycles. The minimum Gasteiger partial charge on any atom is -0.103 e. The van der Waals surface area contributed by atoms with Crippen molar-refractivity contribution in [2.75, 3.05) is 0 Å². The summed E-state index contributed by atoms with van der Waals surface area (Å²) in [4.78, 5) is 2.77. The van der Waals surface area contributed by atoms with Crippen LogP contribution in [0.1, 0.15) is 12.0 Å². The molecule has 0 saturated carbocycles. The quantitative estimate of drug-likeness (QED) is 0.293. The minimum absolute atomic E-state index is 0.0970. The Bertz CT molecular complexity index is 326. The summed E-state index contributed by atoms with van der Waals surface area (Å²) in [5.41, 5.74) is 9.53. The molecule has 14 heavy (non-hydrogen) atoms. The fourth-order valence-electron chi connectivity index (χ4n) is 1.25. The second kappa shape index (κ2) is 5.84. The van der Waals surface area contributed by atoms with Gasteiger partial charge in [-0.2, -0.15) is 0 Å². The van der Waals surface area contributed by atoms with Gasteiger partial charge in [0.25, 0.3) is 0 Å². The van der Waals surface area contributed by atoms with E-state index in [4.69, 9.17) is 5.53 Å². The van der Waals surface area contributed by atoms with Gasteiger partial charge in [-0.05, 0) is 23.9 Å². The molecule has 1 rings (SSSR count). The monoisotopic (exact) mass is 187 g/mol. The maximum absolute atomic E-state index is 8.28. The van der Waals surface area contributed by atoms with E-state index in [0.29, 0.717) is 0 Å². The lowest BCUT2D eigenvalue weighted by Gasteiger charge is -2.04. The van der Waals surface area contributed by atoms with Gasteiger partial charge in [0.2, 0.25) is 0 Å². The van der Waals surface area contributed by atoms with Gasteiger partial charge in [0.15, 0.2) is 0 Å². The summed E-state index contributed by atoms with van der Waals surface area (Å²) in [5, 5.41) is 3.62. The van der Waals surface area contributed by atoms with Crippen LogP contribution in [0.3, 0.4) is 0 Å². The summed E-state index contributed by atoms with van der Waals surface area (Å²) in [6.07, 6.45) is 3.41. The number of aryl methyl sites for hydroxylation is 1. The summed E-state index contributed by atoms with van der Waals surface area (Å²) < 4.78 is 0. The normalized spacial score (nSPS) is 11.4. The van der Waals surface area contributed by atoms with Crippen LogP contribution in [-0.2, 0) is 6.42 Å². The van der Waals surface area contributed by atoms with Crippen molar-refractivity contribution in [2.45, 2.75) is 18.9 Å². The van der Waals surface area contributed by atoms with Gasteiger partial charge in [0.1, 0.15) is 0 Å². The van der Waals surface area contributed by atoms with Crippen molar-refractivity contribution in [2.24, 2.45) is 5.11 Å². The molecule has 1 aromatic carbocycles. The molecule has 0 bridgehead atoms. The molecule has 0 aromatic heterocycles. The number of benzene rings is 1. The van der Waals surface area contributed by atoms with Gasteiger partial charge in [-0.15, -0.1) is 6.58 Å². The summed E-state index contributed by atoms with van der Waals surface area (Å²) in [5.74, 6) is 0. The molecule has 3 nitrogen and oxygen atoms in total. The van der Waals surface area contributed by atoms with Crippen molar-refractivity contribution < 1.29 is 0 Å². The molecule has 0 heterocycles. The van der Waals surface area contributed by atoms with Crippen LogP contribution in [0.4, 0.5) is 0 Å². The average molecular weight is 187 g/mol. The Kier molecular flexibility index (Phi) is 4.32. The molecule has 0 amide bonds. The molecular weight excluding hydrogens is 174 g/mol. The maximum Gasteiger partial charge on any atom is 0.0555 e. The molecule has 0 radical (unpaired) electrons. The molecule has 0 fully saturated rings. The van der Waals surface area contributed by atoms with Crippen LogP contribution in [0.15, 0.2) is 48.1 Å². The highest BCUT2D eigenvalue weighted by Gasteiger charge is 2.00. The van der Waals surface area contributed by atoms with Crippen molar-refractivity contribution in [3.8, 4) is 0 Å². The summed E-state index contributed by atoms with van der Waals surface area (Å²) in [6.45, 7) is 3.63. The molecule has 0 aliphatic heterocycles. The van der Waals surface area contributed by atoms with Crippen LogP contribution in [0.2, 0.25) is 0 Å². The van der Waals surface area contributed by atoms with Gasteiger partial charge in [0.05, 0.1) is 6.04 Å². The van der Waals surface area contributed by atoms with Crippen molar-refractivity contribution in [3.63, 3.8) is 0 Å². The topological polar surface area (TPSA) is 48.8 Å². The van der Waals surface area contributed by atoms with Gasteiger partial charge >= 0.3 is 0 Å². The number of azide groups is 1. The Morgan fingerprint density at radius 2 is 2.14 bits per heavy atom. The van der Waals surface area contributed by atoms with Crippen molar-refractivity contribution in [1.82, 2.24) is 0 Å². The van der Waals surface area contributed by atoms with Crippen LogP contribution < -0.4 is 0 Å². The van der Waals surface area contributed by atoms with Crippen molar-refractivity contribution >= 4 is 0 Å². The number of nitrogens with zero attached hydrogens (tertiary/aromatic N) is 3. The third-order valence-corrected chi connectivity index (χ3v) is 2.04. The standard InChI is InChI=1S/C11H13N3/c1-2-11(13-14-12)9-8-10-6-4-3-5-7-10/h2-7,11H,1,8-9H2. The lowest BCUT2D eigenvalue weighted by Crippen LogP contribution is -2.00. The molecule has 0 saturated heterocycles. The van der Waals surface area contributed by atoms with E-state index in [0.717, 1.165) is 12.8 Å². The Labute approximate surface area is 83.7 Å². The van der Waals surface area contributed by atoms with E-state index in [2.05, 4.69) is 28.7 Å². The van der Waals surface area contributed by atoms with Gasteiger partial charge < -0.3 is 0 Å². The largest absolute Gasteiger partial charge is 0.103 e. The molecule has 3 heteroatoms. The average Bonchev–Trinajstić information content (AvgIpc) is 2.25. The number of hydrogen-bond donors (Lipinski definition) is 0. The van der Waals surface area contributed by atoms with Crippen molar-refractivity contribution in [3.05, 3.63) is 59.0 Å². The lowest BCUT2D eigenvalue weighted by atomic mass is 10.1. The summed E-state index contributed by atoms with van der Waals surface area (Å²) in [7, 11) is 0. The molecule has 0 spiro atoms. The lowest BCUT2D eigenvalue weighted by molar-refractivity contribution is 0.717. The molecule has 1 aromatic rings. The second-order valence-corrected chi connectivity index (χ2v) is 3.03. The van der Waals surface area contributed by atoms with E-state index in [9.17, 15) is 0 Å². The predicted octanol–water partition coefficient (Wildman–Crippen LogP) is 3.48. The highest BCUT2D eigenvalue weighted by Crippen LogP contribution is 2.07. The van der Waals surface area contributed by atoms with Gasteiger partial charge in [-0.3, -0.25) is 0 Å². The molecule has 0 N–H and O–H groups in total. The van der Waals surface area contributed by atoms with E-state index in [1.165, 1.54) is 5.56 Å². The smallest absolute Gasteiger partial charge is 0.0555 e.